The molecule has 134 valence electrons. The minimum atomic E-state index is -0.130. The average molecular weight is 348 g/mol. The number of likely N-dealkylation sites (N-methyl/N-ethyl adjacent to an activating group) is 1. The van der Waals surface area contributed by atoms with E-state index in [1.807, 2.05) is 24.3 Å². The van der Waals surface area contributed by atoms with Crippen LogP contribution in [-0.4, -0.2) is 50.6 Å². The van der Waals surface area contributed by atoms with Gasteiger partial charge in [0.15, 0.2) is 0 Å². The highest BCUT2D eigenvalue weighted by molar-refractivity contribution is 5.79. The first-order chi connectivity index (χ1) is 12.7. The van der Waals surface area contributed by atoms with Gasteiger partial charge in [0.2, 0.25) is 5.91 Å². The van der Waals surface area contributed by atoms with Gasteiger partial charge in [0.05, 0.1) is 12.5 Å². The third-order valence-electron chi connectivity index (χ3n) is 4.73. The molecule has 0 bridgehead atoms. The fourth-order valence-electron chi connectivity index (χ4n) is 3.18. The van der Waals surface area contributed by atoms with Crippen LogP contribution >= 0.6 is 0 Å². The Labute approximate surface area is 154 Å². The van der Waals surface area contributed by atoms with Crippen molar-refractivity contribution < 1.29 is 4.79 Å². The molecule has 1 amide bonds. The number of nitrogens with one attached hydrogen (secondary N) is 1. The Morgan fingerprint density at radius 2 is 1.81 bits per heavy atom. The maximum Gasteiger partial charge on any atom is 0.225 e. The molecule has 1 aliphatic heterocycles. The predicted molar refractivity (Wildman–Crippen MR) is 104 cm³/mol. The standard InChI is InChI=1S/C21H24N4O/c1-24-11-13-25(14-12-24)20-7-5-18(6-8-20)19-4-2-3-17(15-19)16-21(26)23-10-9-22/h2-8,15H,10-14,16H2,1H3,(H,23,26). The highest BCUT2D eigenvalue weighted by atomic mass is 16.1. The highest BCUT2D eigenvalue weighted by Crippen LogP contribution is 2.24. The number of piperazine rings is 1. The van der Waals surface area contributed by atoms with Gasteiger partial charge in [0.1, 0.15) is 6.54 Å². The molecule has 0 aliphatic carbocycles. The Bertz CT molecular complexity index is 786. The molecular formula is C21H24N4O. The van der Waals surface area contributed by atoms with E-state index >= 15 is 0 Å². The van der Waals surface area contributed by atoms with Crippen molar-refractivity contribution in [2.75, 3.05) is 44.7 Å². The fourth-order valence-corrected chi connectivity index (χ4v) is 3.18. The highest BCUT2D eigenvalue weighted by Gasteiger charge is 2.14. The van der Waals surface area contributed by atoms with E-state index in [-0.39, 0.29) is 18.9 Å². The van der Waals surface area contributed by atoms with Crippen molar-refractivity contribution in [3.05, 3.63) is 54.1 Å². The zero-order valence-electron chi connectivity index (χ0n) is 15.1. The van der Waals surface area contributed by atoms with E-state index in [0.29, 0.717) is 0 Å². The van der Waals surface area contributed by atoms with E-state index in [2.05, 4.69) is 52.5 Å². The number of nitriles is 1. The first-order valence-corrected chi connectivity index (χ1v) is 8.92. The number of hydrogen-bond donors (Lipinski definition) is 1. The summed E-state index contributed by atoms with van der Waals surface area (Å²) < 4.78 is 0. The van der Waals surface area contributed by atoms with Crippen molar-refractivity contribution in [1.82, 2.24) is 10.2 Å². The number of carbonyl (C=O) groups excluding carboxylic acids is 1. The molecule has 5 nitrogen and oxygen atoms in total. The predicted octanol–water partition coefficient (Wildman–Crippen LogP) is 2.29. The number of benzene rings is 2. The number of hydrogen-bond acceptors (Lipinski definition) is 4. The Kier molecular flexibility index (Phi) is 5.88. The Morgan fingerprint density at radius 3 is 2.50 bits per heavy atom. The van der Waals surface area contributed by atoms with Crippen molar-refractivity contribution in [2.45, 2.75) is 6.42 Å². The summed E-state index contributed by atoms with van der Waals surface area (Å²) in [5.41, 5.74) is 4.44. The van der Waals surface area contributed by atoms with Crippen LogP contribution in [0.4, 0.5) is 5.69 Å². The van der Waals surface area contributed by atoms with Crippen LogP contribution in [0.5, 0.6) is 0 Å². The summed E-state index contributed by atoms with van der Waals surface area (Å²) in [6.07, 6.45) is 0.287. The monoisotopic (exact) mass is 348 g/mol. The Hall–Kier alpha value is -2.84. The number of amides is 1. The molecule has 0 spiro atoms. The third-order valence-corrected chi connectivity index (χ3v) is 4.73. The summed E-state index contributed by atoms with van der Waals surface area (Å²) in [7, 11) is 2.16. The maximum absolute atomic E-state index is 11.8. The second-order valence-electron chi connectivity index (χ2n) is 6.65. The maximum atomic E-state index is 11.8. The van der Waals surface area contributed by atoms with Crippen LogP contribution < -0.4 is 10.2 Å². The molecular weight excluding hydrogens is 324 g/mol. The van der Waals surface area contributed by atoms with Crippen LogP contribution in [0.2, 0.25) is 0 Å². The quantitative estimate of drug-likeness (QED) is 0.842. The van der Waals surface area contributed by atoms with Gasteiger partial charge in [-0.15, -0.1) is 0 Å². The molecule has 3 rings (SSSR count). The molecule has 0 aromatic heterocycles. The molecule has 1 saturated heterocycles. The van der Waals surface area contributed by atoms with Crippen LogP contribution in [0.3, 0.4) is 0 Å². The molecule has 1 fully saturated rings. The van der Waals surface area contributed by atoms with Gasteiger partial charge >= 0.3 is 0 Å². The van der Waals surface area contributed by atoms with E-state index in [1.165, 1.54) is 5.69 Å². The lowest BCUT2D eigenvalue weighted by atomic mass is 10.0. The van der Waals surface area contributed by atoms with E-state index in [9.17, 15) is 4.79 Å². The largest absolute Gasteiger partial charge is 0.369 e. The lowest BCUT2D eigenvalue weighted by molar-refractivity contribution is -0.120. The number of anilines is 1. The van der Waals surface area contributed by atoms with Gasteiger partial charge in [0, 0.05) is 31.9 Å². The normalized spacial score (nSPS) is 14.7. The number of carbonyl (C=O) groups is 1. The smallest absolute Gasteiger partial charge is 0.225 e. The van der Waals surface area contributed by atoms with Gasteiger partial charge in [-0.3, -0.25) is 4.79 Å². The lowest BCUT2D eigenvalue weighted by Crippen LogP contribution is -2.44. The SMILES string of the molecule is CN1CCN(c2ccc(-c3cccc(CC(=O)NCC#N)c3)cc2)CC1. The molecule has 0 atom stereocenters. The molecule has 1 aliphatic rings. The summed E-state index contributed by atoms with van der Waals surface area (Å²) in [5, 5.41) is 11.1. The second-order valence-corrected chi connectivity index (χ2v) is 6.65. The molecule has 0 saturated carbocycles. The molecule has 2 aromatic carbocycles. The number of nitrogens with zero attached hydrogens (tertiary/aromatic N) is 3. The van der Waals surface area contributed by atoms with E-state index in [1.54, 1.807) is 0 Å². The lowest BCUT2D eigenvalue weighted by Gasteiger charge is -2.34. The topological polar surface area (TPSA) is 59.4 Å². The summed E-state index contributed by atoms with van der Waals surface area (Å²) in [5.74, 6) is -0.130. The summed E-state index contributed by atoms with van der Waals surface area (Å²) in [4.78, 5) is 16.6. The summed E-state index contributed by atoms with van der Waals surface area (Å²) in [6.45, 7) is 4.36. The third kappa shape index (κ3) is 4.62. The van der Waals surface area contributed by atoms with E-state index < -0.39 is 0 Å². The molecule has 0 radical (unpaired) electrons. The second kappa shape index (κ2) is 8.50. The van der Waals surface area contributed by atoms with Crippen molar-refractivity contribution in [2.24, 2.45) is 0 Å². The van der Waals surface area contributed by atoms with Crippen LogP contribution in [0, 0.1) is 11.3 Å². The Morgan fingerprint density at radius 1 is 1.08 bits per heavy atom. The van der Waals surface area contributed by atoms with E-state index in [0.717, 1.165) is 42.9 Å². The zero-order chi connectivity index (χ0) is 18.4. The van der Waals surface area contributed by atoms with Gasteiger partial charge in [0.25, 0.3) is 0 Å². The van der Waals surface area contributed by atoms with Crippen LogP contribution in [0.1, 0.15) is 5.56 Å². The average Bonchev–Trinajstić information content (AvgIpc) is 2.67. The molecule has 5 heteroatoms. The summed E-state index contributed by atoms with van der Waals surface area (Å²) in [6, 6.07) is 18.6. The molecule has 1 heterocycles. The minimum Gasteiger partial charge on any atom is -0.369 e. The number of rotatable bonds is 5. The van der Waals surface area contributed by atoms with Gasteiger partial charge in [-0.1, -0.05) is 36.4 Å². The molecule has 2 aromatic rings. The van der Waals surface area contributed by atoms with Gasteiger partial charge < -0.3 is 15.1 Å². The first-order valence-electron chi connectivity index (χ1n) is 8.92. The Balaban J connectivity index is 1.68. The molecule has 1 N–H and O–H groups in total. The van der Waals surface area contributed by atoms with Crippen molar-refractivity contribution in [1.29, 1.82) is 5.26 Å². The fraction of sp³-hybridized carbons (Fsp3) is 0.333. The van der Waals surface area contributed by atoms with Crippen molar-refractivity contribution >= 4 is 11.6 Å². The summed E-state index contributed by atoms with van der Waals surface area (Å²) >= 11 is 0. The minimum absolute atomic E-state index is 0.0479. The zero-order valence-corrected chi connectivity index (χ0v) is 15.1. The first kappa shape index (κ1) is 18.0. The van der Waals surface area contributed by atoms with Crippen molar-refractivity contribution in [3.8, 4) is 17.2 Å². The van der Waals surface area contributed by atoms with Gasteiger partial charge in [-0.2, -0.15) is 5.26 Å². The van der Waals surface area contributed by atoms with Crippen LogP contribution in [0.15, 0.2) is 48.5 Å². The van der Waals surface area contributed by atoms with Crippen molar-refractivity contribution in [3.63, 3.8) is 0 Å². The van der Waals surface area contributed by atoms with Gasteiger partial charge in [-0.25, -0.2) is 0 Å². The molecule has 26 heavy (non-hydrogen) atoms. The van der Waals surface area contributed by atoms with Crippen LogP contribution in [-0.2, 0) is 11.2 Å². The van der Waals surface area contributed by atoms with Crippen LogP contribution in [0.25, 0.3) is 11.1 Å². The van der Waals surface area contributed by atoms with E-state index in [4.69, 9.17) is 5.26 Å². The molecule has 0 unspecified atom stereocenters. The van der Waals surface area contributed by atoms with Gasteiger partial charge in [-0.05, 0) is 35.9 Å².